The van der Waals surface area contributed by atoms with Crippen molar-refractivity contribution in [2.24, 2.45) is 5.92 Å². The van der Waals surface area contributed by atoms with E-state index < -0.39 is 0 Å². The van der Waals surface area contributed by atoms with Crippen molar-refractivity contribution in [3.05, 3.63) is 0 Å². The molecule has 0 amide bonds. The molecule has 0 aromatic heterocycles. The maximum atomic E-state index is 9.21. The highest BCUT2D eigenvalue weighted by molar-refractivity contribution is 5.16. The summed E-state index contributed by atoms with van der Waals surface area (Å²) >= 11 is 0. The lowest BCUT2D eigenvalue weighted by atomic mass is 9.68. The minimum atomic E-state index is -0.254. The fourth-order valence-corrected chi connectivity index (χ4v) is 2.54. The predicted molar refractivity (Wildman–Crippen MR) is 52.6 cm³/mol. The summed E-state index contributed by atoms with van der Waals surface area (Å²) < 4.78 is 0. The fraction of sp³-hybridized carbons (Fsp3) is 0.900. The normalized spacial score (nSPS) is 38.7. The molecule has 2 fully saturated rings. The van der Waals surface area contributed by atoms with Gasteiger partial charge in [0.05, 0.1) is 6.07 Å². The Morgan fingerprint density at radius 3 is 2.57 bits per heavy atom. The first-order chi connectivity index (χ1) is 6.80. The first-order valence-electron chi connectivity index (χ1n) is 5.28. The van der Waals surface area contributed by atoms with Gasteiger partial charge in [-0.1, -0.05) is 0 Å². The first kappa shape index (κ1) is 9.91. The highest BCUT2D eigenvalue weighted by Gasteiger charge is 2.48. The molecule has 4 heteroatoms. The van der Waals surface area contributed by atoms with Gasteiger partial charge in [-0.15, -0.1) is 0 Å². The number of piperazine rings is 1. The van der Waals surface area contributed by atoms with Crippen LogP contribution in [0.4, 0.5) is 0 Å². The Labute approximate surface area is 84.5 Å². The maximum absolute atomic E-state index is 9.21. The largest absolute Gasteiger partial charge is 0.396 e. The van der Waals surface area contributed by atoms with Gasteiger partial charge in [-0.25, -0.2) is 0 Å². The Morgan fingerprint density at radius 1 is 1.43 bits per heavy atom. The number of aliphatic hydroxyl groups is 1. The second-order valence-electron chi connectivity index (χ2n) is 4.34. The number of rotatable bonds is 2. The van der Waals surface area contributed by atoms with Gasteiger partial charge in [-0.3, -0.25) is 4.90 Å². The van der Waals surface area contributed by atoms with Crippen LogP contribution in [-0.4, -0.2) is 48.3 Å². The van der Waals surface area contributed by atoms with Crippen LogP contribution in [0.25, 0.3) is 0 Å². The lowest BCUT2D eigenvalue weighted by Crippen LogP contribution is -2.61. The summed E-state index contributed by atoms with van der Waals surface area (Å²) in [5, 5.41) is 21.5. The molecule has 1 aliphatic carbocycles. The van der Waals surface area contributed by atoms with Crippen molar-refractivity contribution in [2.45, 2.75) is 18.4 Å². The van der Waals surface area contributed by atoms with Crippen molar-refractivity contribution < 1.29 is 5.11 Å². The SMILES string of the molecule is N#CC1(N2CCNCC2)CC(CO)C1. The van der Waals surface area contributed by atoms with E-state index in [1.54, 1.807) is 0 Å². The zero-order valence-corrected chi connectivity index (χ0v) is 8.37. The van der Waals surface area contributed by atoms with Gasteiger partial charge in [0.2, 0.25) is 0 Å². The minimum Gasteiger partial charge on any atom is -0.396 e. The molecule has 2 rings (SSSR count). The van der Waals surface area contributed by atoms with Crippen LogP contribution < -0.4 is 5.32 Å². The second kappa shape index (κ2) is 3.85. The van der Waals surface area contributed by atoms with E-state index >= 15 is 0 Å². The number of hydrogen-bond acceptors (Lipinski definition) is 4. The van der Waals surface area contributed by atoms with Crippen LogP contribution in [0.5, 0.6) is 0 Å². The summed E-state index contributed by atoms with van der Waals surface area (Å²) in [6.07, 6.45) is 1.69. The topological polar surface area (TPSA) is 59.3 Å². The first-order valence-corrected chi connectivity index (χ1v) is 5.28. The zero-order valence-electron chi connectivity index (χ0n) is 8.37. The highest BCUT2D eigenvalue weighted by Crippen LogP contribution is 2.41. The average molecular weight is 195 g/mol. The Kier molecular flexibility index (Phi) is 2.73. The molecule has 0 bridgehead atoms. The van der Waals surface area contributed by atoms with Crippen LogP contribution in [-0.2, 0) is 0 Å². The summed E-state index contributed by atoms with van der Waals surface area (Å²) in [5.41, 5.74) is -0.254. The van der Waals surface area contributed by atoms with Crippen LogP contribution in [0.2, 0.25) is 0 Å². The molecule has 2 N–H and O–H groups in total. The number of nitrogens with zero attached hydrogens (tertiary/aromatic N) is 2. The van der Waals surface area contributed by atoms with Crippen LogP contribution in [0.15, 0.2) is 0 Å². The van der Waals surface area contributed by atoms with Crippen molar-refractivity contribution >= 4 is 0 Å². The minimum absolute atomic E-state index is 0.232. The quantitative estimate of drug-likeness (QED) is 0.627. The van der Waals surface area contributed by atoms with E-state index in [0.29, 0.717) is 5.92 Å². The lowest BCUT2D eigenvalue weighted by molar-refractivity contribution is -0.0101. The molecule has 1 heterocycles. The van der Waals surface area contributed by atoms with E-state index in [0.717, 1.165) is 39.0 Å². The molecule has 2 aliphatic rings. The molecule has 0 atom stereocenters. The van der Waals surface area contributed by atoms with Crippen molar-refractivity contribution in [1.29, 1.82) is 5.26 Å². The van der Waals surface area contributed by atoms with E-state index in [2.05, 4.69) is 16.3 Å². The molecule has 0 unspecified atom stereocenters. The molecule has 14 heavy (non-hydrogen) atoms. The summed E-state index contributed by atoms with van der Waals surface area (Å²) in [5.74, 6) is 0.351. The maximum Gasteiger partial charge on any atom is 0.110 e. The highest BCUT2D eigenvalue weighted by atomic mass is 16.3. The summed E-state index contributed by atoms with van der Waals surface area (Å²) in [4.78, 5) is 2.27. The smallest absolute Gasteiger partial charge is 0.110 e. The predicted octanol–water partition coefficient (Wildman–Crippen LogP) is -0.444. The van der Waals surface area contributed by atoms with Crippen molar-refractivity contribution in [3.8, 4) is 6.07 Å². The Morgan fingerprint density at radius 2 is 2.07 bits per heavy atom. The molecule has 0 spiro atoms. The van der Waals surface area contributed by atoms with E-state index in [1.807, 2.05) is 0 Å². The molecule has 4 nitrogen and oxygen atoms in total. The molecule has 0 radical (unpaired) electrons. The average Bonchev–Trinajstić information content (AvgIpc) is 2.19. The van der Waals surface area contributed by atoms with Crippen molar-refractivity contribution in [3.63, 3.8) is 0 Å². The van der Waals surface area contributed by atoms with Crippen LogP contribution in [0.1, 0.15) is 12.8 Å². The van der Waals surface area contributed by atoms with Gasteiger partial charge in [-0.2, -0.15) is 5.26 Å². The van der Waals surface area contributed by atoms with Crippen LogP contribution in [0, 0.1) is 17.2 Å². The third kappa shape index (κ3) is 1.52. The van der Waals surface area contributed by atoms with Crippen LogP contribution >= 0.6 is 0 Å². The molecular formula is C10H17N3O. The van der Waals surface area contributed by atoms with E-state index in [9.17, 15) is 5.26 Å². The number of aliphatic hydroxyl groups excluding tert-OH is 1. The van der Waals surface area contributed by atoms with Crippen LogP contribution in [0.3, 0.4) is 0 Å². The van der Waals surface area contributed by atoms with Gasteiger partial charge < -0.3 is 10.4 Å². The standard InChI is InChI=1S/C10H17N3O/c11-8-10(5-9(6-10)7-14)13-3-1-12-2-4-13/h9,12,14H,1-7H2. The zero-order chi connectivity index (χ0) is 10.0. The van der Waals surface area contributed by atoms with E-state index in [-0.39, 0.29) is 12.1 Å². The molecule has 0 aromatic carbocycles. The van der Waals surface area contributed by atoms with E-state index in [1.165, 1.54) is 0 Å². The van der Waals surface area contributed by atoms with Gasteiger partial charge >= 0.3 is 0 Å². The summed E-state index contributed by atoms with van der Waals surface area (Å²) in [6.45, 7) is 4.12. The Hall–Kier alpha value is -0.630. The molecule has 1 aliphatic heterocycles. The Bertz CT molecular complexity index is 236. The third-order valence-corrected chi connectivity index (χ3v) is 3.44. The van der Waals surface area contributed by atoms with Gasteiger partial charge in [-0.05, 0) is 18.8 Å². The van der Waals surface area contributed by atoms with Crippen molar-refractivity contribution in [1.82, 2.24) is 10.2 Å². The number of nitriles is 1. The number of nitrogens with one attached hydrogen (secondary N) is 1. The molecule has 1 saturated heterocycles. The molecular weight excluding hydrogens is 178 g/mol. The summed E-state index contributed by atoms with van der Waals surface area (Å²) in [6, 6.07) is 2.44. The number of hydrogen-bond donors (Lipinski definition) is 2. The third-order valence-electron chi connectivity index (χ3n) is 3.44. The van der Waals surface area contributed by atoms with Gasteiger partial charge in [0, 0.05) is 32.8 Å². The molecule has 1 saturated carbocycles. The fourth-order valence-electron chi connectivity index (χ4n) is 2.54. The van der Waals surface area contributed by atoms with Gasteiger partial charge in [0.25, 0.3) is 0 Å². The van der Waals surface area contributed by atoms with Gasteiger partial charge in [0.15, 0.2) is 0 Å². The monoisotopic (exact) mass is 195 g/mol. The lowest BCUT2D eigenvalue weighted by Gasteiger charge is -2.50. The van der Waals surface area contributed by atoms with Gasteiger partial charge in [0.1, 0.15) is 5.54 Å². The van der Waals surface area contributed by atoms with Crippen molar-refractivity contribution in [2.75, 3.05) is 32.8 Å². The summed E-state index contributed by atoms with van der Waals surface area (Å²) in [7, 11) is 0. The molecule has 78 valence electrons. The Balaban J connectivity index is 1.97. The second-order valence-corrected chi connectivity index (χ2v) is 4.34. The van der Waals surface area contributed by atoms with E-state index in [4.69, 9.17) is 5.11 Å². The molecule has 0 aromatic rings.